The number of hydrogen-bond acceptors (Lipinski definition) is 3. The second-order valence-electron chi connectivity index (χ2n) is 3.29. The summed E-state index contributed by atoms with van der Waals surface area (Å²) in [5.41, 5.74) is 0.915. The molecular formula is C13H13NO2. The van der Waals surface area contributed by atoms with E-state index in [2.05, 4.69) is 4.98 Å². The van der Waals surface area contributed by atoms with Crippen molar-refractivity contribution in [2.45, 2.75) is 6.61 Å². The van der Waals surface area contributed by atoms with Gasteiger partial charge in [-0.15, -0.1) is 0 Å². The molecule has 82 valence electrons. The molecule has 0 atom stereocenters. The number of ether oxygens (including phenoxy) is 2. The van der Waals surface area contributed by atoms with Gasteiger partial charge in [-0.05, 0) is 36.4 Å². The van der Waals surface area contributed by atoms with Crippen molar-refractivity contribution >= 4 is 0 Å². The van der Waals surface area contributed by atoms with Crippen molar-refractivity contribution in [3.8, 4) is 11.5 Å². The highest BCUT2D eigenvalue weighted by Crippen LogP contribution is 2.17. The van der Waals surface area contributed by atoms with Crippen molar-refractivity contribution in [1.29, 1.82) is 0 Å². The minimum atomic E-state index is 0.479. The molecular weight excluding hydrogens is 202 g/mol. The van der Waals surface area contributed by atoms with Crippen molar-refractivity contribution < 1.29 is 9.47 Å². The van der Waals surface area contributed by atoms with Crippen LogP contribution in [-0.4, -0.2) is 12.1 Å². The molecule has 0 spiro atoms. The monoisotopic (exact) mass is 215 g/mol. The first-order valence-corrected chi connectivity index (χ1v) is 5.05. The molecule has 1 aromatic carbocycles. The summed E-state index contributed by atoms with van der Waals surface area (Å²) in [6.45, 7) is 0.479. The highest BCUT2D eigenvalue weighted by Gasteiger charge is 1.96. The Bertz CT molecular complexity index is 425. The summed E-state index contributed by atoms with van der Waals surface area (Å²) in [6, 6.07) is 13.3. The van der Waals surface area contributed by atoms with Crippen LogP contribution in [-0.2, 0) is 6.61 Å². The Labute approximate surface area is 94.7 Å². The lowest BCUT2D eigenvalue weighted by atomic mass is 10.3. The molecule has 2 rings (SSSR count). The van der Waals surface area contributed by atoms with Crippen LogP contribution in [0.3, 0.4) is 0 Å². The lowest BCUT2D eigenvalue weighted by molar-refractivity contribution is 0.300. The molecule has 0 amide bonds. The van der Waals surface area contributed by atoms with Gasteiger partial charge < -0.3 is 9.47 Å². The van der Waals surface area contributed by atoms with E-state index in [9.17, 15) is 0 Å². The fourth-order valence-electron chi connectivity index (χ4n) is 1.31. The van der Waals surface area contributed by atoms with Crippen LogP contribution in [0.2, 0.25) is 0 Å². The smallest absolute Gasteiger partial charge is 0.130 e. The van der Waals surface area contributed by atoms with Crippen molar-refractivity contribution in [2.24, 2.45) is 0 Å². The maximum Gasteiger partial charge on any atom is 0.130 e. The van der Waals surface area contributed by atoms with Gasteiger partial charge in [-0.1, -0.05) is 6.07 Å². The van der Waals surface area contributed by atoms with Crippen molar-refractivity contribution in [1.82, 2.24) is 4.98 Å². The van der Waals surface area contributed by atoms with Crippen LogP contribution in [0.15, 0.2) is 48.7 Å². The Morgan fingerprint density at radius 2 is 1.75 bits per heavy atom. The molecule has 0 saturated carbocycles. The Morgan fingerprint density at radius 1 is 1.00 bits per heavy atom. The molecule has 0 bridgehead atoms. The summed E-state index contributed by atoms with van der Waals surface area (Å²) in [7, 11) is 1.64. The van der Waals surface area contributed by atoms with E-state index in [4.69, 9.17) is 9.47 Å². The molecule has 0 N–H and O–H groups in total. The standard InChI is InChI=1S/C13H13NO2/c1-15-12-5-7-13(8-6-12)16-10-11-4-2-3-9-14-11/h2-9H,10H2,1H3. The van der Waals surface area contributed by atoms with Crippen molar-refractivity contribution in [2.75, 3.05) is 7.11 Å². The molecule has 3 nitrogen and oxygen atoms in total. The van der Waals surface area contributed by atoms with Gasteiger partial charge in [0.05, 0.1) is 12.8 Å². The van der Waals surface area contributed by atoms with E-state index in [-0.39, 0.29) is 0 Å². The first-order valence-electron chi connectivity index (χ1n) is 5.05. The molecule has 16 heavy (non-hydrogen) atoms. The van der Waals surface area contributed by atoms with Crippen LogP contribution in [0.5, 0.6) is 11.5 Å². The van der Waals surface area contributed by atoms with Gasteiger partial charge in [0.1, 0.15) is 18.1 Å². The Kier molecular flexibility index (Phi) is 3.38. The van der Waals surface area contributed by atoms with E-state index < -0.39 is 0 Å². The van der Waals surface area contributed by atoms with Crippen LogP contribution in [0.1, 0.15) is 5.69 Å². The zero-order valence-corrected chi connectivity index (χ0v) is 9.09. The number of pyridine rings is 1. The van der Waals surface area contributed by atoms with Crippen LogP contribution >= 0.6 is 0 Å². The number of nitrogens with zero attached hydrogens (tertiary/aromatic N) is 1. The Morgan fingerprint density at radius 3 is 2.38 bits per heavy atom. The quantitative estimate of drug-likeness (QED) is 0.785. The van der Waals surface area contributed by atoms with Gasteiger partial charge in [0.15, 0.2) is 0 Å². The zero-order valence-electron chi connectivity index (χ0n) is 9.09. The molecule has 0 aliphatic heterocycles. The maximum absolute atomic E-state index is 5.57. The normalized spacial score (nSPS) is 9.81. The number of rotatable bonds is 4. The third-order valence-electron chi connectivity index (χ3n) is 2.17. The van der Waals surface area contributed by atoms with Crippen LogP contribution in [0.4, 0.5) is 0 Å². The first kappa shape index (κ1) is 10.5. The highest BCUT2D eigenvalue weighted by molar-refractivity contribution is 5.31. The largest absolute Gasteiger partial charge is 0.497 e. The predicted molar refractivity (Wildman–Crippen MR) is 61.6 cm³/mol. The second kappa shape index (κ2) is 5.16. The van der Waals surface area contributed by atoms with E-state index in [1.54, 1.807) is 13.3 Å². The minimum Gasteiger partial charge on any atom is -0.497 e. The van der Waals surface area contributed by atoms with Gasteiger partial charge in [-0.2, -0.15) is 0 Å². The molecule has 0 fully saturated rings. The summed E-state index contributed by atoms with van der Waals surface area (Å²) in [4.78, 5) is 4.18. The third kappa shape index (κ3) is 2.73. The summed E-state index contributed by atoms with van der Waals surface area (Å²) in [5, 5.41) is 0. The maximum atomic E-state index is 5.57. The van der Waals surface area contributed by atoms with E-state index >= 15 is 0 Å². The summed E-state index contributed by atoms with van der Waals surface area (Å²) in [5.74, 6) is 1.64. The van der Waals surface area contributed by atoms with Gasteiger partial charge in [0.25, 0.3) is 0 Å². The third-order valence-corrected chi connectivity index (χ3v) is 2.17. The molecule has 1 aromatic heterocycles. The predicted octanol–water partition coefficient (Wildman–Crippen LogP) is 2.67. The molecule has 0 aliphatic rings. The lowest BCUT2D eigenvalue weighted by Crippen LogP contribution is -1.97. The lowest BCUT2D eigenvalue weighted by Gasteiger charge is -2.06. The average molecular weight is 215 g/mol. The number of hydrogen-bond donors (Lipinski definition) is 0. The highest BCUT2D eigenvalue weighted by atomic mass is 16.5. The van der Waals surface area contributed by atoms with Crippen LogP contribution < -0.4 is 9.47 Å². The Balaban J connectivity index is 1.94. The van der Waals surface area contributed by atoms with E-state index in [1.165, 1.54) is 0 Å². The van der Waals surface area contributed by atoms with Crippen molar-refractivity contribution in [3.63, 3.8) is 0 Å². The number of methoxy groups -OCH3 is 1. The SMILES string of the molecule is COc1ccc(OCc2ccccn2)cc1. The van der Waals surface area contributed by atoms with Crippen LogP contribution in [0, 0.1) is 0 Å². The fraction of sp³-hybridized carbons (Fsp3) is 0.154. The molecule has 1 heterocycles. The van der Waals surface area contributed by atoms with Gasteiger partial charge in [0.2, 0.25) is 0 Å². The number of aromatic nitrogens is 1. The van der Waals surface area contributed by atoms with Gasteiger partial charge in [-0.25, -0.2) is 0 Å². The minimum absolute atomic E-state index is 0.479. The van der Waals surface area contributed by atoms with E-state index in [0.717, 1.165) is 17.2 Å². The van der Waals surface area contributed by atoms with Gasteiger partial charge in [0, 0.05) is 6.20 Å². The zero-order chi connectivity index (χ0) is 11.2. The van der Waals surface area contributed by atoms with Gasteiger partial charge >= 0.3 is 0 Å². The molecule has 0 saturated heterocycles. The summed E-state index contributed by atoms with van der Waals surface area (Å²) < 4.78 is 10.6. The van der Waals surface area contributed by atoms with E-state index in [0.29, 0.717) is 6.61 Å². The molecule has 2 aromatic rings. The second-order valence-corrected chi connectivity index (χ2v) is 3.29. The average Bonchev–Trinajstić information content (AvgIpc) is 2.38. The molecule has 0 aliphatic carbocycles. The first-order chi connectivity index (χ1) is 7.88. The van der Waals surface area contributed by atoms with E-state index in [1.807, 2.05) is 42.5 Å². The molecule has 0 unspecified atom stereocenters. The summed E-state index contributed by atoms with van der Waals surface area (Å²) >= 11 is 0. The molecule has 3 heteroatoms. The Hall–Kier alpha value is -2.03. The van der Waals surface area contributed by atoms with Crippen LogP contribution in [0.25, 0.3) is 0 Å². The number of benzene rings is 1. The van der Waals surface area contributed by atoms with Crippen molar-refractivity contribution in [3.05, 3.63) is 54.4 Å². The topological polar surface area (TPSA) is 31.4 Å². The fourth-order valence-corrected chi connectivity index (χ4v) is 1.31. The summed E-state index contributed by atoms with van der Waals surface area (Å²) in [6.07, 6.45) is 1.76. The van der Waals surface area contributed by atoms with Gasteiger partial charge in [-0.3, -0.25) is 4.98 Å². The molecule has 0 radical (unpaired) electrons.